The van der Waals surface area contributed by atoms with Crippen molar-refractivity contribution in [3.05, 3.63) is 125 Å². The van der Waals surface area contributed by atoms with Gasteiger partial charge in [0.1, 0.15) is 21.2 Å². The van der Waals surface area contributed by atoms with Gasteiger partial charge in [-0.15, -0.1) is 23.2 Å². The summed E-state index contributed by atoms with van der Waals surface area (Å²) in [5.41, 5.74) is 4.66. The van der Waals surface area contributed by atoms with Gasteiger partial charge in [-0.05, 0) is 71.1 Å². The molecule has 0 spiro atoms. The van der Waals surface area contributed by atoms with Gasteiger partial charge in [0.05, 0.1) is 11.8 Å². The highest BCUT2D eigenvalue weighted by molar-refractivity contribution is 6.36. The molecule has 0 unspecified atom stereocenters. The maximum absolute atomic E-state index is 13.9. The Hall–Kier alpha value is -4.13. The van der Waals surface area contributed by atoms with Gasteiger partial charge in [-0.2, -0.15) is 0 Å². The first-order chi connectivity index (χ1) is 20.2. The topological polar surface area (TPSA) is 75.7 Å². The predicted octanol–water partition coefficient (Wildman–Crippen LogP) is 6.71. The third-order valence-corrected chi connectivity index (χ3v) is 9.89. The lowest BCUT2D eigenvalue weighted by Gasteiger charge is -2.54. The molecule has 4 aromatic carbocycles. The summed E-state index contributed by atoms with van der Waals surface area (Å²) in [5.74, 6) is -1.52. The summed E-state index contributed by atoms with van der Waals surface area (Å²) >= 11 is 14.9. The fourth-order valence-corrected chi connectivity index (χ4v) is 7.90. The SMILES string of the molecule is Cc1cccc(Oc2ccc(NC(=O)CCN3C(=O)[C@@H]4[C@H](C3=O)C3(Cl)c5ccccc5C4(Cl)c4ccccc43)cc2)c1. The number of aryl methyl sites for hydroxylation is 1. The molecule has 3 amide bonds. The fourth-order valence-electron chi connectivity index (χ4n) is 6.80. The Morgan fingerprint density at radius 3 is 1.79 bits per heavy atom. The molecule has 0 saturated carbocycles. The molecule has 8 rings (SSSR count). The van der Waals surface area contributed by atoms with Crippen LogP contribution in [0.2, 0.25) is 0 Å². The van der Waals surface area contributed by atoms with Crippen molar-refractivity contribution < 1.29 is 19.1 Å². The summed E-state index contributed by atoms with van der Waals surface area (Å²) in [7, 11) is 0. The number of nitrogens with one attached hydrogen (secondary N) is 1. The normalized spacial score (nSPS) is 25.1. The van der Waals surface area contributed by atoms with Crippen LogP contribution >= 0.6 is 23.2 Å². The molecule has 0 radical (unpaired) electrons. The first-order valence-electron chi connectivity index (χ1n) is 13.8. The number of carbonyl (C=O) groups excluding carboxylic acids is 3. The summed E-state index contributed by atoms with van der Waals surface area (Å²) in [6.07, 6.45) is -0.0665. The Labute approximate surface area is 253 Å². The van der Waals surface area contributed by atoms with Gasteiger partial charge in [0.15, 0.2) is 0 Å². The van der Waals surface area contributed by atoms with E-state index < -0.39 is 33.4 Å². The lowest BCUT2D eigenvalue weighted by molar-refractivity contribution is -0.140. The van der Waals surface area contributed by atoms with E-state index in [1.54, 1.807) is 24.3 Å². The number of amides is 3. The number of rotatable bonds is 6. The number of alkyl halides is 2. The van der Waals surface area contributed by atoms with Crippen molar-refractivity contribution in [2.45, 2.75) is 23.1 Å². The zero-order valence-electron chi connectivity index (χ0n) is 22.6. The van der Waals surface area contributed by atoms with Gasteiger partial charge < -0.3 is 10.1 Å². The number of carbonyl (C=O) groups is 3. The molecule has 1 N–H and O–H groups in total. The van der Waals surface area contributed by atoms with Crippen LogP contribution in [0.5, 0.6) is 11.5 Å². The Morgan fingerprint density at radius 1 is 0.762 bits per heavy atom. The second kappa shape index (κ2) is 9.72. The van der Waals surface area contributed by atoms with E-state index in [0.717, 1.165) is 33.6 Å². The number of hydrogen-bond donors (Lipinski definition) is 1. The average molecular weight is 597 g/mol. The summed E-state index contributed by atoms with van der Waals surface area (Å²) in [4.78, 5) is 39.4. The molecule has 1 fully saturated rings. The minimum atomic E-state index is -1.24. The summed E-state index contributed by atoms with van der Waals surface area (Å²) < 4.78 is 5.87. The number of halogens is 2. The van der Waals surface area contributed by atoms with Crippen LogP contribution in [0.25, 0.3) is 0 Å². The number of imide groups is 1. The van der Waals surface area contributed by atoms with Crippen LogP contribution < -0.4 is 10.1 Å². The lowest BCUT2D eigenvalue weighted by Crippen LogP contribution is -2.57. The highest BCUT2D eigenvalue weighted by Gasteiger charge is 2.72. The molecule has 42 heavy (non-hydrogen) atoms. The minimum Gasteiger partial charge on any atom is -0.457 e. The maximum atomic E-state index is 13.9. The molecule has 2 bridgehead atoms. The predicted molar refractivity (Wildman–Crippen MR) is 161 cm³/mol. The monoisotopic (exact) mass is 596 g/mol. The van der Waals surface area contributed by atoms with E-state index in [-0.39, 0.29) is 18.9 Å². The second-order valence-electron chi connectivity index (χ2n) is 11.0. The van der Waals surface area contributed by atoms with Crippen LogP contribution in [0.4, 0.5) is 5.69 Å². The molecule has 8 heteroatoms. The smallest absolute Gasteiger partial charge is 0.235 e. The maximum Gasteiger partial charge on any atom is 0.235 e. The molecule has 4 aromatic rings. The van der Waals surface area contributed by atoms with Crippen LogP contribution in [0.15, 0.2) is 97.1 Å². The van der Waals surface area contributed by atoms with Gasteiger partial charge in [0.25, 0.3) is 0 Å². The number of anilines is 1. The van der Waals surface area contributed by atoms with Gasteiger partial charge in [0.2, 0.25) is 17.7 Å². The third kappa shape index (κ3) is 3.82. The van der Waals surface area contributed by atoms with Gasteiger partial charge in [0, 0.05) is 18.7 Å². The molecule has 210 valence electrons. The molecular weight excluding hydrogens is 571 g/mol. The molecular formula is C34H26Cl2N2O4. The van der Waals surface area contributed by atoms with E-state index >= 15 is 0 Å². The van der Waals surface area contributed by atoms with E-state index in [1.807, 2.05) is 79.7 Å². The number of nitrogens with zero attached hydrogens (tertiary/aromatic N) is 1. The highest BCUT2D eigenvalue weighted by atomic mass is 35.5. The first-order valence-corrected chi connectivity index (χ1v) is 14.6. The number of likely N-dealkylation sites (tertiary alicyclic amines) is 1. The molecule has 1 aliphatic heterocycles. The Bertz CT molecular complexity index is 1650. The largest absolute Gasteiger partial charge is 0.457 e. The molecule has 2 atom stereocenters. The number of hydrogen-bond acceptors (Lipinski definition) is 4. The third-order valence-electron chi connectivity index (χ3n) is 8.60. The van der Waals surface area contributed by atoms with E-state index in [2.05, 4.69) is 5.32 Å². The summed E-state index contributed by atoms with van der Waals surface area (Å²) in [5, 5.41) is 2.84. The first kappa shape index (κ1) is 26.7. The molecule has 1 heterocycles. The standard InChI is InChI=1S/C34H26Cl2N2O4/c1-20-7-6-8-23(19-20)42-22-15-13-21(14-16-22)37-28(39)17-18-38-31(40)29-30(32(38)41)34(36)25-10-3-2-9-24(25)33(29,35)26-11-4-5-12-27(26)34/h2-16,19,29-30H,17-18H2,1H3,(H,37,39)/t29-,30+,33?,34?. The van der Waals surface area contributed by atoms with Crippen molar-refractivity contribution in [2.75, 3.05) is 11.9 Å². The van der Waals surface area contributed by atoms with E-state index in [1.165, 1.54) is 4.90 Å². The zero-order chi connectivity index (χ0) is 29.2. The molecule has 4 aliphatic rings. The Balaban J connectivity index is 1.08. The van der Waals surface area contributed by atoms with E-state index in [0.29, 0.717) is 11.4 Å². The van der Waals surface area contributed by atoms with Crippen LogP contribution in [0.1, 0.15) is 34.2 Å². The molecule has 6 nitrogen and oxygen atoms in total. The zero-order valence-corrected chi connectivity index (χ0v) is 24.2. The van der Waals surface area contributed by atoms with Crippen molar-refractivity contribution >= 4 is 46.6 Å². The van der Waals surface area contributed by atoms with Gasteiger partial charge in [-0.1, -0.05) is 60.7 Å². The fraction of sp³-hybridized carbons (Fsp3) is 0.206. The molecule has 3 aliphatic carbocycles. The number of benzene rings is 4. The molecule has 0 aromatic heterocycles. The van der Waals surface area contributed by atoms with Crippen molar-refractivity contribution in [2.24, 2.45) is 11.8 Å². The molecule has 1 saturated heterocycles. The van der Waals surface area contributed by atoms with Crippen molar-refractivity contribution in [3.63, 3.8) is 0 Å². The van der Waals surface area contributed by atoms with Crippen molar-refractivity contribution in [1.29, 1.82) is 0 Å². The summed E-state index contributed by atoms with van der Waals surface area (Å²) in [6.45, 7) is 1.92. The lowest BCUT2D eigenvalue weighted by atomic mass is 9.54. The van der Waals surface area contributed by atoms with Crippen molar-refractivity contribution in [1.82, 2.24) is 4.90 Å². The van der Waals surface area contributed by atoms with Crippen LogP contribution in [-0.2, 0) is 24.1 Å². The summed E-state index contributed by atoms with van der Waals surface area (Å²) in [6, 6.07) is 29.8. The van der Waals surface area contributed by atoms with Crippen LogP contribution in [0.3, 0.4) is 0 Å². The van der Waals surface area contributed by atoms with Gasteiger partial charge in [-0.3, -0.25) is 19.3 Å². The van der Waals surface area contributed by atoms with Crippen LogP contribution in [-0.4, -0.2) is 29.2 Å². The average Bonchev–Trinajstić information content (AvgIpc) is 3.26. The quantitative estimate of drug-likeness (QED) is 0.198. The second-order valence-corrected chi connectivity index (χ2v) is 12.2. The Morgan fingerprint density at radius 2 is 1.29 bits per heavy atom. The number of ether oxygens (including phenoxy) is 1. The van der Waals surface area contributed by atoms with Gasteiger partial charge in [-0.25, -0.2) is 0 Å². The minimum absolute atomic E-state index is 0.0665. The van der Waals surface area contributed by atoms with E-state index in [4.69, 9.17) is 27.9 Å². The van der Waals surface area contributed by atoms with Crippen molar-refractivity contribution in [3.8, 4) is 11.5 Å². The van der Waals surface area contributed by atoms with Gasteiger partial charge >= 0.3 is 0 Å². The van der Waals surface area contributed by atoms with E-state index in [9.17, 15) is 14.4 Å². The highest BCUT2D eigenvalue weighted by Crippen LogP contribution is 2.69. The Kier molecular flexibility index (Phi) is 6.19. The van der Waals surface area contributed by atoms with Crippen LogP contribution in [0, 0.1) is 18.8 Å².